The van der Waals surface area contributed by atoms with Crippen LogP contribution in [0.5, 0.6) is 0 Å². The van der Waals surface area contributed by atoms with Crippen LogP contribution >= 0.6 is 11.6 Å². The molecule has 0 unspecified atom stereocenters. The maximum absolute atomic E-state index is 12.0. The number of nitrogens with one attached hydrogen (secondary N) is 1. The van der Waals surface area contributed by atoms with Crippen LogP contribution in [0.2, 0.25) is 5.28 Å². The third-order valence-corrected chi connectivity index (χ3v) is 3.49. The van der Waals surface area contributed by atoms with Crippen molar-refractivity contribution in [2.75, 3.05) is 19.0 Å². The lowest BCUT2D eigenvalue weighted by molar-refractivity contribution is -0.142. The van der Waals surface area contributed by atoms with E-state index in [0.29, 0.717) is 18.0 Å². The molecule has 1 heterocycles. The highest BCUT2D eigenvalue weighted by molar-refractivity contribution is 6.28. The number of hydrogen-bond donors (Lipinski definition) is 1. The molecule has 1 N–H and O–H groups in total. The molecular weight excluding hydrogens is 346 g/mol. The summed E-state index contributed by atoms with van der Waals surface area (Å²) in [5.41, 5.74) is 2.11. The molecule has 7 nitrogen and oxygen atoms in total. The van der Waals surface area contributed by atoms with Crippen molar-refractivity contribution < 1.29 is 19.1 Å². The van der Waals surface area contributed by atoms with Crippen molar-refractivity contribution in [2.45, 2.75) is 20.3 Å². The Bertz CT molecular complexity index is 778. The van der Waals surface area contributed by atoms with Crippen molar-refractivity contribution in [1.29, 1.82) is 0 Å². The van der Waals surface area contributed by atoms with Crippen molar-refractivity contribution in [1.82, 2.24) is 9.97 Å². The summed E-state index contributed by atoms with van der Waals surface area (Å²) in [4.78, 5) is 31.5. The van der Waals surface area contributed by atoms with E-state index in [1.807, 2.05) is 0 Å². The van der Waals surface area contributed by atoms with Crippen molar-refractivity contribution in [3.63, 3.8) is 0 Å². The molecule has 0 aliphatic rings. The highest BCUT2D eigenvalue weighted by Crippen LogP contribution is 2.23. The molecule has 2 rings (SSSR count). The topological polar surface area (TPSA) is 90.4 Å². The first kappa shape index (κ1) is 18.7. The van der Waals surface area contributed by atoms with E-state index in [1.54, 1.807) is 38.1 Å². The van der Waals surface area contributed by atoms with E-state index < -0.39 is 5.97 Å². The number of carbonyl (C=O) groups excluding carboxylic acids is 2. The van der Waals surface area contributed by atoms with E-state index >= 15 is 0 Å². The fourth-order valence-corrected chi connectivity index (χ4v) is 2.41. The number of nitrogens with zero attached hydrogens (tertiary/aromatic N) is 2. The van der Waals surface area contributed by atoms with Crippen LogP contribution in [0.15, 0.2) is 24.3 Å². The minimum absolute atomic E-state index is 0.0200. The summed E-state index contributed by atoms with van der Waals surface area (Å²) < 4.78 is 9.68. The fraction of sp³-hybridized carbons (Fsp3) is 0.294. The molecule has 0 spiro atoms. The quantitative estimate of drug-likeness (QED) is 0.623. The molecule has 0 aliphatic heterocycles. The average molecular weight is 364 g/mol. The van der Waals surface area contributed by atoms with Gasteiger partial charge in [0.2, 0.25) is 5.28 Å². The number of halogens is 1. The minimum Gasteiger partial charge on any atom is -0.466 e. The largest absolute Gasteiger partial charge is 0.466 e. The third-order valence-electron chi connectivity index (χ3n) is 3.32. The number of aromatic nitrogens is 2. The molecule has 8 heteroatoms. The van der Waals surface area contributed by atoms with Gasteiger partial charge >= 0.3 is 11.9 Å². The number of ether oxygens (including phenoxy) is 2. The van der Waals surface area contributed by atoms with Crippen molar-refractivity contribution >= 4 is 35.0 Å². The lowest BCUT2D eigenvalue weighted by atomic mass is 10.1. The van der Waals surface area contributed by atoms with Gasteiger partial charge in [-0.2, -0.15) is 4.98 Å². The summed E-state index contributed by atoms with van der Waals surface area (Å²) in [6.07, 6.45) is 0.194. The summed E-state index contributed by atoms with van der Waals surface area (Å²) in [5, 5.41) is 3.04. The summed E-state index contributed by atoms with van der Waals surface area (Å²) >= 11 is 5.88. The average Bonchev–Trinajstić information content (AvgIpc) is 2.56. The molecule has 0 saturated carbocycles. The molecule has 2 aromatic rings. The van der Waals surface area contributed by atoms with Gasteiger partial charge in [-0.25, -0.2) is 9.78 Å². The van der Waals surface area contributed by atoms with E-state index in [-0.39, 0.29) is 29.1 Å². The molecule has 1 aromatic carbocycles. The SMILES string of the molecule is CCOC(=O)Cc1ccc(Nc2nc(Cl)nc(C)c2C(=O)OC)cc1. The van der Waals surface area contributed by atoms with E-state index in [2.05, 4.69) is 15.3 Å². The van der Waals surface area contributed by atoms with Crippen LogP contribution in [0, 0.1) is 6.92 Å². The first-order chi connectivity index (χ1) is 11.9. The predicted octanol–water partition coefficient (Wildman–Crippen LogP) is 3.07. The van der Waals surface area contributed by atoms with Crippen LogP contribution in [0.3, 0.4) is 0 Å². The monoisotopic (exact) mass is 363 g/mol. The van der Waals surface area contributed by atoms with E-state index in [4.69, 9.17) is 21.1 Å². The fourth-order valence-electron chi connectivity index (χ4n) is 2.20. The Hall–Kier alpha value is -2.67. The second-order valence-corrected chi connectivity index (χ2v) is 5.44. The Kier molecular flexibility index (Phi) is 6.30. The van der Waals surface area contributed by atoms with Crippen LogP contribution in [-0.2, 0) is 20.7 Å². The zero-order valence-corrected chi connectivity index (χ0v) is 14.9. The van der Waals surface area contributed by atoms with Crippen LogP contribution < -0.4 is 5.32 Å². The van der Waals surface area contributed by atoms with Gasteiger partial charge in [0, 0.05) is 5.69 Å². The number of hydrogen-bond acceptors (Lipinski definition) is 7. The Balaban J connectivity index is 2.22. The number of carbonyl (C=O) groups is 2. The smallest absolute Gasteiger partial charge is 0.343 e. The van der Waals surface area contributed by atoms with E-state index in [1.165, 1.54) is 7.11 Å². The van der Waals surface area contributed by atoms with Gasteiger partial charge in [-0.1, -0.05) is 12.1 Å². The first-order valence-electron chi connectivity index (χ1n) is 7.58. The lowest BCUT2D eigenvalue weighted by Crippen LogP contribution is -2.11. The van der Waals surface area contributed by atoms with Crippen molar-refractivity contribution in [2.24, 2.45) is 0 Å². The lowest BCUT2D eigenvalue weighted by Gasteiger charge is -2.12. The predicted molar refractivity (Wildman–Crippen MR) is 93.2 cm³/mol. The van der Waals surface area contributed by atoms with Gasteiger partial charge in [-0.05, 0) is 43.1 Å². The van der Waals surface area contributed by atoms with E-state index in [9.17, 15) is 9.59 Å². The van der Waals surface area contributed by atoms with Crippen LogP contribution in [-0.4, -0.2) is 35.6 Å². The zero-order valence-electron chi connectivity index (χ0n) is 14.1. The maximum atomic E-state index is 12.0. The molecule has 0 radical (unpaired) electrons. The third kappa shape index (κ3) is 4.90. The van der Waals surface area contributed by atoms with Gasteiger partial charge in [0.25, 0.3) is 0 Å². The summed E-state index contributed by atoms with van der Waals surface area (Å²) in [5.74, 6) is -0.590. The standard InChI is InChI=1S/C17H18ClN3O4/c1-4-25-13(22)9-11-5-7-12(8-6-11)20-15-14(16(23)24-3)10(2)19-17(18)21-15/h5-8H,4,9H2,1-3H3,(H,19,20,21). The zero-order chi connectivity index (χ0) is 18.4. The maximum Gasteiger partial charge on any atom is 0.343 e. The van der Waals surface area contributed by atoms with Gasteiger partial charge in [0.05, 0.1) is 25.8 Å². The second kappa shape index (κ2) is 8.43. The number of methoxy groups -OCH3 is 1. The normalized spacial score (nSPS) is 10.2. The molecule has 0 bridgehead atoms. The van der Waals surface area contributed by atoms with Gasteiger partial charge in [0.1, 0.15) is 11.4 Å². The number of esters is 2. The Morgan fingerprint density at radius 2 is 1.88 bits per heavy atom. The molecule has 0 fully saturated rings. The molecule has 0 saturated heterocycles. The second-order valence-electron chi connectivity index (χ2n) is 5.10. The van der Waals surface area contributed by atoms with Gasteiger partial charge in [-0.15, -0.1) is 0 Å². The Morgan fingerprint density at radius 3 is 2.48 bits per heavy atom. The Labute approximate surface area is 150 Å². The molecule has 132 valence electrons. The van der Waals surface area contributed by atoms with Gasteiger partial charge in [0.15, 0.2) is 0 Å². The summed E-state index contributed by atoms with van der Waals surface area (Å²) in [6, 6.07) is 7.10. The number of rotatable bonds is 6. The first-order valence-corrected chi connectivity index (χ1v) is 7.96. The van der Waals surface area contributed by atoms with Crippen molar-refractivity contribution in [3.8, 4) is 0 Å². The summed E-state index contributed by atoms with van der Waals surface area (Å²) in [7, 11) is 1.28. The van der Waals surface area contributed by atoms with Gasteiger partial charge < -0.3 is 14.8 Å². The van der Waals surface area contributed by atoms with Gasteiger partial charge in [-0.3, -0.25) is 4.79 Å². The highest BCUT2D eigenvalue weighted by atomic mass is 35.5. The Morgan fingerprint density at radius 1 is 1.20 bits per heavy atom. The number of aryl methyl sites for hydroxylation is 1. The molecule has 0 amide bonds. The molecule has 0 atom stereocenters. The molecule has 1 aromatic heterocycles. The van der Waals surface area contributed by atoms with Crippen LogP contribution in [0.25, 0.3) is 0 Å². The number of anilines is 2. The van der Waals surface area contributed by atoms with Crippen LogP contribution in [0.4, 0.5) is 11.5 Å². The highest BCUT2D eigenvalue weighted by Gasteiger charge is 2.19. The number of benzene rings is 1. The summed E-state index contributed by atoms with van der Waals surface area (Å²) in [6.45, 7) is 3.76. The minimum atomic E-state index is -0.560. The van der Waals surface area contributed by atoms with Crippen molar-refractivity contribution in [3.05, 3.63) is 46.4 Å². The molecule has 0 aliphatic carbocycles. The van der Waals surface area contributed by atoms with Crippen LogP contribution in [0.1, 0.15) is 28.5 Å². The molecular formula is C17H18ClN3O4. The molecule has 25 heavy (non-hydrogen) atoms. The van der Waals surface area contributed by atoms with E-state index in [0.717, 1.165) is 5.56 Å².